The zero-order valence-corrected chi connectivity index (χ0v) is 13.0. The van der Waals surface area contributed by atoms with Crippen LogP contribution in [0.5, 0.6) is 5.88 Å². The van der Waals surface area contributed by atoms with Crippen molar-refractivity contribution in [2.24, 2.45) is 0 Å². The van der Waals surface area contributed by atoms with E-state index >= 15 is 0 Å². The van der Waals surface area contributed by atoms with Crippen LogP contribution in [0.2, 0.25) is 0 Å². The SMILES string of the molecule is COc1ccc(CNC(=O)CCNC(=O)c2ccsc2)cn1. The molecule has 0 aliphatic heterocycles. The largest absolute Gasteiger partial charge is 0.481 e. The van der Waals surface area contributed by atoms with Gasteiger partial charge in [-0.1, -0.05) is 6.07 Å². The number of thiophene rings is 1. The van der Waals surface area contributed by atoms with Gasteiger partial charge in [0.1, 0.15) is 0 Å². The van der Waals surface area contributed by atoms with Crippen molar-refractivity contribution in [3.05, 3.63) is 46.3 Å². The number of methoxy groups -OCH3 is 1. The second-order valence-corrected chi connectivity index (χ2v) is 5.28. The molecule has 6 nitrogen and oxygen atoms in total. The number of amides is 2. The van der Waals surface area contributed by atoms with Gasteiger partial charge in [-0.3, -0.25) is 9.59 Å². The number of pyridine rings is 1. The highest BCUT2D eigenvalue weighted by atomic mass is 32.1. The normalized spacial score (nSPS) is 10.0. The highest BCUT2D eigenvalue weighted by Gasteiger charge is 2.06. The Morgan fingerprint density at radius 3 is 2.77 bits per heavy atom. The number of hydrogen-bond donors (Lipinski definition) is 2. The molecule has 2 aromatic rings. The van der Waals surface area contributed by atoms with E-state index in [1.165, 1.54) is 11.3 Å². The van der Waals surface area contributed by atoms with Crippen LogP contribution in [0.1, 0.15) is 22.3 Å². The van der Waals surface area contributed by atoms with E-state index in [2.05, 4.69) is 15.6 Å². The summed E-state index contributed by atoms with van der Waals surface area (Å²) in [7, 11) is 1.55. The van der Waals surface area contributed by atoms with Gasteiger partial charge >= 0.3 is 0 Å². The van der Waals surface area contributed by atoms with Crippen LogP contribution in [0.4, 0.5) is 0 Å². The van der Waals surface area contributed by atoms with Gasteiger partial charge in [0.15, 0.2) is 0 Å². The summed E-state index contributed by atoms with van der Waals surface area (Å²) < 4.78 is 4.96. The van der Waals surface area contributed by atoms with Crippen LogP contribution in [-0.4, -0.2) is 30.5 Å². The average molecular weight is 319 g/mol. The van der Waals surface area contributed by atoms with E-state index in [9.17, 15) is 9.59 Å². The van der Waals surface area contributed by atoms with Crippen molar-refractivity contribution in [1.29, 1.82) is 0 Å². The van der Waals surface area contributed by atoms with E-state index < -0.39 is 0 Å². The first kappa shape index (κ1) is 16.0. The molecule has 0 spiro atoms. The number of ether oxygens (including phenoxy) is 1. The van der Waals surface area contributed by atoms with E-state index in [0.717, 1.165) is 5.56 Å². The van der Waals surface area contributed by atoms with Crippen molar-refractivity contribution in [3.8, 4) is 5.88 Å². The molecule has 2 N–H and O–H groups in total. The molecule has 22 heavy (non-hydrogen) atoms. The maximum absolute atomic E-state index is 11.7. The van der Waals surface area contributed by atoms with Gasteiger partial charge < -0.3 is 15.4 Å². The standard InChI is InChI=1S/C15H17N3O3S/c1-21-14-3-2-11(9-18-14)8-17-13(19)4-6-16-15(20)12-5-7-22-10-12/h2-3,5,7,9-10H,4,6,8H2,1H3,(H,16,20)(H,17,19). The van der Waals surface area contributed by atoms with Crippen molar-refractivity contribution in [3.63, 3.8) is 0 Å². The topological polar surface area (TPSA) is 80.3 Å². The Kier molecular flexibility index (Phi) is 5.91. The third kappa shape index (κ3) is 4.85. The lowest BCUT2D eigenvalue weighted by Gasteiger charge is -2.06. The molecule has 2 heterocycles. The van der Waals surface area contributed by atoms with Crippen LogP contribution in [-0.2, 0) is 11.3 Å². The molecule has 0 atom stereocenters. The van der Waals surface area contributed by atoms with Crippen molar-refractivity contribution < 1.29 is 14.3 Å². The lowest BCUT2D eigenvalue weighted by atomic mass is 10.2. The molecule has 0 saturated heterocycles. The fourth-order valence-corrected chi connectivity index (χ4v) is 2.35. The zero-order chi connectivity index (χ0) is 15.8. The molecular formula is C15H17N3O3S. The molecule has 0 aliphatic rings. The van der Waals surface area contributed by atoms with Gasteiger partial charge in [0.05, 0.1) is 7.11 Å². The van der Waals surface area contributed by atoms with Gasteiger partial charge in [0.2, 0.25) is 11.8 Å². The molecule has 2 rings (SSSR count). The monoisotopic (exact) mass is 319 g/mol. The van der Waals surface area contributed by atoms with E-state index in [0.29, 0.717) is 24.5 Å². The Labute approximate surface area is 132 Å². The summed E-state index contributed by atoms with van der Waals surface area (Å²) in [4.78, 5) is 27.4. The summed E-state index contributed by atoms with van der Waals surface area (Å²) in [5.41, 5.74) is 1.51. The van der Waals surface area contributed by atoms with Crippen LogP contribution in [0, 0.1) is 0 Å². The fourth-order valence-electron chi connectivity index (χ4n) is 1.71. The minimum Gasteiger partial charge on any atom is -0.481 e. The first-order valence-corrected chi connectivity index (χ1v) is 7.69. The van der Waals surface area contributed by atoms with E-state index in [4.69, 9.17) is 4.74 Å². The van der Waals surface area contributed by atoms with Crippen LogP contribution in [0.15, 0.2) is 35.2 Å². The summed E-state index contributed by atoms with van der Waals surface area (Å²) in [6, 6.07) is 5.32. The molecule has 0 radical (unpaired) electrons. The van der Waals surface area contributed by atoms with Gasteiger partial charge in [-0.05, 0) is 17.0 Å². The van der Waals surface area contributed by atoms with E-state index in [1.807, 2.05) is 11.4 Å². The Hall–Kier alpha value is -2.41. The molecule has 116 valence electrons. The zero-order valence-electron chi connectivity index (χ0n) is 12.2. The highest BCUT2D eigenvalue weighted by Crippen LogP contribution is 2.06. The molecule has 0 fully saturated rings. The molecular weight excluding hydrogens is 302 g/mol. The molecule has 2 amide bonds. The molecule has 0 aliphatic carbocycles. The van der Waals surface area contributed by atoms with Crippen molar-refractivity contribution >= 4 is 23.2 Å². The summed E-state index contributed by atoms with van der Waals surface area (Å²) in [5, 5.41) is 9.09. The van der Waals surface area contributed by atoms with Gasteiger partial charge in [-0.25, -0.2) is 4.98 Å². The molecule has 7 heteroatoms. The van der Waals surface area contributed by atoms with Crippen molar-refractivity contribution in [2.45, 2.75) is 13.0 Å². The maximum atomic E-state index is 11.7. The van der Waals surface area contributed by atoms with Crippen molar-refractivity contribution in [2.75, 3.05) is 13.7 Å². The van der Waals surface area contributed by atoms with E-state index in [-0.39, 0.29) is 18.2 Å². The fraction of sp³-hybridized carbons (Fsp3) is 0.267. The number of rotatable bonds is 7. The number of carbonyl (C=O) groups excluding carboxylic acids is 2. The average Bonchev–Trinajstić information content (AvgIpc) is 3.08. The molecule has 0 unspecified atom stereocenters. The minimum absolute atomic E-state index is 0.124. The van der Waals surface area contributed by atoms with Gasteiger partial charge in [0, 0.05) is 42.7 Å². The molecule has 2 aromatic heterocycles. The molecule has 0 aromatic carbocycles. The quantitative estimate of drug-likeness (QED) is 0.812. The predicted molar refractivity (Wildman–Crippen MR) is 83.9 cm³/mol. The number of aromatic nitrogens is 1. The first-order chi connectivity index (χ1) is 10.7. The second-order valence-electron chi connectivity index (χ2n) is 4.50. The summed E-state index contributed by atoms with van der Waals surface area (Å²) in [6.07, 6.45) is 1.89. The van der Waals surface area contributed by atoms with Crippen LogP contribution in [0.25, 0.3) is 0 Å². The smallest absolute Gasteiger partial charge is 0.252 e. The Balaban J connectivity index is 1.66. The first-order valence-electron chi connectivity index (χ1n) is 6.75. The number of nitrogens with zero attached hydrogens (tertiary/aromatic N) is 1. The highest BCUT2D eigenvalue weighted by molar-refractivity contribution is 7.08. The number of carbonyl (C=O) groups is 2. The Morgan fingerprint density at radius 1 is 1.27 bits per heavy atom. The molecule has 0 bridgehead atoms. The number of hydrogen-bond acceptors (Lipinski definition) is 5. The van der Waals surface area contributed by atoms with E-state index in [1.54, 1.807) is 30.8 Å². The second kappa shape index (κ2) is 8.14. The molecule has 0 saturated carbocycles. The van der Waals surface area contributed by atoms with Gasteiger partial charge in [-0.2, -0.15) is 11.3 Å². The Bertz CT molecular complexity index is 611. The van der Waals surface area contributed by atoms with Crippen molar-refractivity contribution in [1.82, 2.24) is 15.6 Å². The van der Waals surface area contributed by atoms with Gasteiger partial charge in [0.25, 0.3) is 5.91 Å². The van der Waals surface area contributed by atoms with Crippen LogP contribution in [0.3, 0.4) is 0 Å². The minimum atomic E-state index is -0.159. The van der Waals surface area contributed by atoms with Crippen LogP contribution >= 0.6 is 11.3 Å². The summed E-state index contributed by atoms with van der Waals surface area (Å²) in [6.45, 7) is 0.704. The number of nitrogens with one attached hydrogen (secondary N) is 2. The lowest BCUT2D eigenvalue weighted by molar-refractivity contribution is -0.121. The summed E-state index contributed by atoms with van der Waals surface area (Å²) in [5.74, 6) is 0.251. The summed E-state index contributed by atoms with van der Waals surface area (Å²) >= 11 is 1.46. The lowest BCUT2D eigenvalue weighted by Crippen LogP contribution is -2.30. The maximum Gasteiger partial charge on any atom is 0.252 e. The van der Waals surface area contributed by atoms with Crippen LogP contribution < -0.4 is 15.4 Å². The third-order valence-electron chi connectivity index (χ3n) is 2.92. The Morgan fingerprint density at radius 2 is 2.14 bits per heavy atom. The van der Waals surface area contributed by atoms with Gasteiger partial charge in [-0.15, -0.1) is 0 Å². The predicted octanol–water partition coefficient (Wildman–Crippen LogP) is 1.59. The third-order valence-corrected chi connectivity index (χ3v) is 3.60.